The van der Waals surface area contributed by atoms with Crippen LogP contribution in [0.25, 0.3) is 11.2 Å². The molecule has 0 amide bonds. The van der Waals surface area contributed by atoms with Crippen LogP contribution in [0.4, 0.5) is 5.82 Å². The number of aliphatic hydroxyl groups is 2. The van der Waals surface area contributed by atoms with Crippen LogP contribution in [0.5, 0.6) is 0 Å². The second kappa shape index (κ2) is 12.3. The van der Waals surface area contributed by atoms with Crippen LogP contribution in [-0.2, 0) is 22.7 Å². The first kappa shape index (κ1) is 31.6. The molecule has 3 rings (SSSR count). The van der Waals surface area contributed by atoms with Crippen molar-refractivity contribution in [2.75, 3.05) is 12.3 Å². The number of nitrogens with zero attached hydrogens (tertiary/aromatic N) is 4. The Morgan fingerprint density at radius 2 is 1.83 bits per heavy atom. The van der Waals surface area contributed by atoms with E-state index in [9.17, 15) is 29.1 Å². The third kappa shape index (κ3) is 7.56. The summed E-state index contributed by atoms with van der Waals surface area (Å²) in [6.45, 7) is -0.556. The van der Waals surface area contributed by atoms with E-state index < -0.39 is 54.0 Å². The second-order valence-electron chi connectivity index (χ2n) is 5.18. The fourth-order valence-electron chi connectivity index (χ4n) is 2.39. The molecular weight excluding hydrogens is 476 g/mol. The average Bonchev–Trinajstić information content (AvgIpc) is 3.07. The van der Waals surface area contributed by atoms with Crippen molar-refractivity contribution in [2.24, 2.45) is 0 Å². The number of rotatable bonds is 6. The number of aliphatic hydroxyl groups excluding tert-OH is 2. The van der Waals surface area contributed by atoms with Crippen molar-refractivity contribution in [1.82, 2.24) is 19.5 Å². The predicted molar refractivity (Wildman–Crippen MR) is 87.8 cm³/mol. The minimum Gasteiger partial charge on any atom is -0.790 e. The third-order valence-electron chi connectivity index (χ3n) is 3.51. The van der Waals surface area contributed by atoms with E-state index in [1.807, 2.05) is 0 Å². The van der Waals surface area contributed by atoms with Crippen LogP contribution in [0.1, 0.15) is 6.23 Å². The van der Waals surface area contributed by atoms with Crippen LogP contribution in [0.2, 0.25) is 0 Å². The molecule has 14 nitrogen and oxygen atoms in total. The molecule has 0 saturated carbocycles. The van der Waals surface area contributed by atoms with E-state index in [2.05, 4.69) is 19.3 Å². The van der Waals surface area contributed by atoms with Gasteiger partial charge in [0.15, 0.2) is 25.2 Å². The van der Waals surface area contributed by atoms with Crippen molar-refractivity contribution >= 4 is 39.8 Å². The Kier molecular flexibility index (Phi) is 13.0. The van der Waals surface area contributed by atoms with Crippen molar-refractivity contribution < 1.29 is 131 Å². The molecular formula is C10H15BN5Na3O9P2. The molecule has 30 heavy (non-hydrogen) atoms. The topological polar surface area (TPSA) is 218 Å². The summed E-state index contributed by atoms with van der Waals surface area (Å²) >= 11 is 0. The fourth-order valence-corrected chi connectivity index (χ4v) is 3.50. The Hall–Kier alpha value is 1.59. The third-order valence-corrected chi connectivity index (χ3v) is 5.20. The first-order valence-electron chi connectivity index (χ1n) is 6.94. The molecule has 2 aromatic rings. The maximum Gasteiger partial charge on any atom is 1.00 e. The molecule has 1 saturated heterocycles. The molecule has 0 radical (unpaired) electrons. The van der Waals surface area contributed by atoms with Gasteiger partial charge in [0, 0.05) is 0 Å². The van der Waals surface area contributed by atoms with Crippen molar-refractivity contribution in [3.63, 3.8) is 0 Å². The summed E-state index contributed by atoms with van der Waals surface area (Å²) in [4.78, 5) is 33.0. The van der Waals surface area contributed by atoms with Gasteiger partial charge >= 0.3 is 88.7 Å². The normalized spacial score (nSPS) is 25.6. The SMILES string of the molecule is [BH3-][P@@](=O)(OC[C@H]1O[C@@H](n2cnc3c(N)ncnc32)[C@H](O)[C@@H]1O)OP(=O)([O-])[O-].[Na+].[Na+].[Na+]. The number of nitrogen functional groups attached to an aromatic ring is 1. The van der Waals surface area contributed by atoms with Crippen LogP contribution in [0.3, 0.4) is 0 Å². The molecule has 0 spiro atoms. The Balaban J connectivity index is 0.00000280. The number of fused-ring (bicyclic) bond motifs is 1. The molecule has 150 valence electrons. The van der Waals surface area contributed by atoms with E-state index >= 15 is 0 Å². The minimum absolute atomic E-state index is 0. The summed E-state index contributed by atoms with van der Waals surface area (Å²) in [6, 6.07) is 0. The largest absolute Gasteiger partial charge is 1.00 e. The maximum absolute atomic E-state index is 11.9. The minimum atomic E-state index is -5.48. The van der Waals surface area contributed by atoms with E-state index in [4.69, 9.17) is 15.0 Å². The Morgan fingerprint density at radius 1 is 1.20 bits per heavy atom. The van der Waals surface area contributed by atoms with Gasteiger partial charge in [-0.1, -0.05) is 0 Å². The maximum atomic E-state index is 11.9. The molecule has 3 heterocycles. The molecule has 2 aromatic heterocycles. The molecule has 0 aliphatic carbocycles. The molecule has 20 heteroatoms. The van der Waals surface area contributed by atoms with Gasteiger partial charge < -0.3 is 48.4 Å². The number of ether oxygens (including phenoxy) is 1. The summed E-state index contributed by atoms with van der Waals surface area (Å²) in [5.74, 6) is 0.115. The number of hydrogen-bond donors (Lipinski definition) is 3. The monoisotopic (exact) mass is 491 g/mol. The molecule has 5 atom stereocenters. The molecule has 0 unspecified atom stereocenters. The molecule has 4 N–H and O–H groups in total. The van der Waals surface area contributed by atoms with Gasteiger partial charge in [-0.3, -0.25) is 4.57 Å². The summed E-state index contributed by atoms with van der Waals surface area (Å²) in [5, 5.41) is 20.4. The van der Waals surface area contributed by atoms with Gasteiger partial charge in [0.1, 0.15) is 30.2 Å². The van der Waals surface area contributed by atoms with Gasteiger partial charge in [0.05, 0.1) is 28.3 Å². The first-order valence-corrected chi connectivity index (χ1v) is 9.49. The zero-order valence-corrected chi connectivity index (χ0v) is 23.5. The molecule has 0 aromatic carbocycles. The Bertz CT molecular complexity index is 951. The van der Waals surface area contributed by atoms with Gasteiger partial charge in [0.2, 0.25) is 0 Å². The van der Waals surface area contributed by atoms with E-state index in [1.165, 1.54) is 17.2 Å². The fraction of sp³-hybridized carbons (Fsp3) is 0.500. The average molecular weight is 491 g/mol. The summed E-state index contributed by atoms with van der Waals surface area (Å²) < 4.78 is 38.2. The number of nitrogens with two attached hydrogens (primary N) is 1. The Labute approximate surface area is 237 Å². The van der Waals surface area contributed by atoms with Crippen LogP contribution in [0, 0.1) is 0 Å². The summed E-state index contributed by atoms with van der Waals surface area (Å²) in [6.07, 6.45) is -2.70. The van der Waals surface area contributed by atoms with Gasteiger partial charge in [-0.25, -0.2) is 15.0 Å². The zero-order valence-electron chi connectivity index (χ0n) is 15.7. The van der Waals surface area contributed by atoms with E-state index in [0.29, 0.717) is 0 Å². The number of phosphoric acid groups is 1. The number of anilines is 1. The van der Waals surface area contributed by atoms with Crippen molar-refractivity contribution in [3.05, 3.63) is 12.7 Å². The molecule has 1 aliphatic heterocycles. The summed E-state index contributed by atoms with van der Waals surface area (Å²) in [5.41, 5.74) is 6.21. The van der Waals surface area contributed by atoms with E-state index in [-0.39, 0.29) is 106 Å². The van der Waals surface area contributed by atoms with Crippen molar-refractivity contribution in [3.8, 4) is 0 Å². The predicted octanol–water partition coefficient (Wildman–Crippen LogP) is -12.6. The zero-order chi connectivity index (χ0) is 20.0. The van der Waals surface area contributed by atoms with Crippen molar-refractivity contribution in [1.29, 1.82) is 0 Å². The van der Waals surface area contributed by atoms with Crippen LogP contribution < -0.4 is 104 Å². The first-order chi connectivity index (χ1) is 12.5. The molecule has 1 aliphatic rings. The van der Waals surface area contributed by atoms with E-state index in [0.717, 1.165) is 0 Å². The molecule has 1 fully saturated rings. The number of aromatic nitrogens is 4. The van der Waals surface area contributed by atoms with Crippen LogP contribution >= 0.6 is 15.3 Å². The molecule has 0 bridgehead atoms. The van der Waals surface area contributed by atoms with Crippen LogP contribution in [-0.4, -0.2) is 62.2 Å². The number of imidazole rings is 1. The van der Waals surface area contributed by atoms with Gasteiger partial charge in [-0.05, 0) is 0 Å². The quantitative estimate of drug-likeness (QED) is 0.253. The second-order valence-corrected chi connectivity index (χ2v) is 7.43. The van der Waals surface area contributed by atoms with Crippen LogP contribution in [0.15, 0.2) is 12.7 Å². The van der Waals surface area contributed by atoms with Crippen molar-refractivity contribution in [2.45, 2.75) is 24.5 Å². The number of hydrogen-bond acceptors (Lipinski definition) is 13. The summed E-state index contributed by atoms with van der Waals surface area (Å²) in [7, 11) is -10.8. The standard InChI is InChI=1S/C10H17BN5O9P2.3Na/c11-26(19,25-27(20,21)22)23-1-4-6(17)7(18)10(24-4)16-3-15-5-8(12)13-2-14-9(5)16;;;/h2-4,6-7,10,17-18H,1H2,11H3,(H2,12,13,14)(H2,20,21,22);;;/q-1;3*+1/p-2/t4-,6-,7-,10-,26-;;;/m1.../s1. The van der Waals surface area contributed by atoms with Gasteiger partial charge in [0.25, 0.3) is 0 Å². The smallest absolute Gasteiger partial charge is 0.790 e. The Morgan fingerprint density at radius 3 is 2.43 bits per heavy atom. The van der Waals surface area contributed by atoms with Gasteiger partial charge in [-0.15, -0.1) is 0 Å². The van der Waals surface area contributed by atoms with Gasteiger partial charge in [-0.2, -0.15) is 0 Å². The van der Waals surface area contributed by atoms with E-state index in [1.54, 1.807) is 0 Å².